The molecule has 0 saturated carbocycles. The first-order valence-corrected chi connectivity index (χ1v) is 22.7. The third-order valence-corrected chi connectivity index (χ3v) is 7.50. The van der Waals surface area contributed by atoms with Crippen molar-refractivity contribution in [1.29, 1.82) is 5.41 Å². The lowest BCUT2D eigenvalue weighted by atomic mass is 10.3. The summed E-state index contributed by atoms with van der Waals surface area (Å²) in [6, 6.07) is 6.78. The number of nitrogens with one attached hydrogen (secondary N) is 2. The van der Waals surface area contributed by atoms with Crippen molar-refractivity contribution < 1.29 is 24.4 Å². The molecule has 7 heterocycles. The van der Waals surface area contributed by atoms with Gasteiger partial charge in [-0.1, -0.05) is 41.3 Å². The van der Waals surface area contributed by atoms with Gasteiger partial charge in [0.1, 0.15) is 35.0 Å². The van der Waals surface area contributed by atoms with Crippen molar-refractivity contribution in [3.8, 4) is 0 Å². The zero-order valence-corrected chi connectivity index (χ0v) is 39.4. The van der Waals surface area contributed by atoms with Gasteiger partial charge in [-0.05, 0) is 122 Å². The van der Waals surface area contributed by atoms with Gasteiger partial charge in [-0.3, -0.25) is 19.6 Å². The van der Waals surface area contributed by atoms with Gasteiger partial charge >= 0.3 is 11.2 Å². The maximum absolute atomic E-state index is 11.2. The Balaban J connectivity index is -0.000000333. The fourth-order valence-corrected chi connectivity index (χ4v) is 4.89. The average molecular weight is 1230 g/mol. The number of nitrogens with two attached hydrogens (primary N) is 3. The summed E-state index contributed by atoms with van der Waals surface area (Å²) in [6.07, 6.45) is 11.3. The molecule has 0 unspecified atom stereocenters. The summed E-state index contributed by atoms with van der Waals surface area (Å²) in [5.74, 6) is -1.43. The molecule has 20 nitrogen and oxygen atoms in total. The molecule has 7 aromatic heterocycles. The third-order valence-electron chi connectivity index (χ3n) is 5.47. The summed E-state index contributed by atoms with van der Waals surface area (Å²) in [5.41, 5.74) is 16.8. The molecule has 7 aromatic rings. The molecule has 0 bridgehead atoms. The normalized spacial score (nSPS) is 9.16. The number of carboxylic acids is 2. The summed E-state index contributed by atoms with van der Waals surface area (Å²) in [7, 11) is 0. The summed E-state index contributed by atoms with van der Waals surface area (Å²) < 4.78 is 12.6. The Morgan fingerprint density at radius 3 is 1.49 bits per heavy atom. The van der Waals surface area contributed by atoms with Crippen molar-refractivity contribution in [1.82, 2.24) is 49.8 Å². The van der Waals surface area contributed by atoms with E-state index in [1.165, 1.54) is 31.2 Å². The molecule has 63 heavy (non-hydrogen) atoms. The minimum atomic E-state index is -3.22. The van der Waals surface area contributed by atoms with E-state index in [-0.39, 0.29) is 46.6 Å². The van der Waals surface area contributed by atoms with E-state index in [1.54, 1.807) is 24.7 Å². The number of fused-ring (bicyclic) bond motifs is 3. The predicted molar refractivity (Wildman–Crippen MR) is 269 cm³/mol. The van der Waals surface area contributed by atoms with Crippen LogP contribution in [-0.2, 0) is 9.36 Å². The molecule has 0 amide bonds. The molecular weight excluding hydrogens is 1190 g/mol. The Labute approximate surface area is 414 Å². The maximum Gasteiger partial charge on any atom is 0.339 e. The fraction of sp³-hybridized carbons (Fsp3) is 0.147. The molecule has 0 aliphatic heterocycles. The Bertz CT molecular complexity index is 2540. The van der Waals surface area contributed by atoms with Crippen LogP contribution < -0.4 is 22.8 Å². The first-order chi connectivity index (χ1) is 27.6. The van der Waals surface area contributed by atoms with Crippen molar-refractivity contribution >= 4 is 177 Å². The highest BCUT2D eigenvalue weighted by atomic mass is 79.9. The van der Waals surface area contributed by atoms with Gasteiger partial charge in [0.05, 0.1) is 28.8 Å². The lowest BCUT2D eigenvalue weighted by Crippen LogP contribution is -2.06. The number of aliphatic carboxylic acids is 1. The summed E-state index contributed by atoms with van der Waals surface area (Å²) in [5, 5.41) is 21.1. The molecule has 29 heteroatoms. The number of aromatic carboxylic acids is 1. The number of carboxylic acid groups (broad SMARTS) is 2. The zero-order chi connectivity index (χ0) is 44.9. The van der Waals surface area contributed by atoms with Gasteiger partial charge in [-0.15, -0.1) is 0 Å². The van der Waals surface area contributed by atoms with Crippen LogP contribution in [0.4, 0.5) is 11.6 Å². The second kappa shape index (κ2) is 33.3. The van der Waals surface area contributed by atoms with Gasteiger partial charge in [-0.2, -0.15) is 0 Å². The topological polar surface area (TPSA) is 342 Å². The van der Waals surface area contributed by atoms with Gasteiger partial charge in [0.25, 0.3) is 11.5 Å². The number of anilines is 2. The summed E-state index contributed by atoms with van der Waals surface area (Å²) in [4.78, 5) is 68.3. The van der Waals surface area contributed by atoms with E-state index < -0.39 is 17.1 Å². The molecule has 0 aromatic carbocycles. The molecule has 0 fully saturated rings. The molecule has 0 spiro atoms. The van der Waals surface area contributed by atoms with Crippen LogP contribution in [0.5, 0.6) is 0 Å². The van der Waals surface area contributed by atoms with Crippen LogP contribution in [0.2, 0.25) is 5.15 Å². The van der Waals surface area contributed by atoms with Crippen LogP contribution in [-0.4, -0.2) is 78.3 Å². The SMILES string of the molecule is C.C.C.C.CC(=O)O.Clc1ncnc2ncc(Br)cc12.N=CN.Nc1ncc(Br)cc1C(=O)O.Nc1ncnc2ncc(Br)cc12.O=P(Cl)(Cl)Cl.O=c1[nH]cnc2ncc(Br)cc12. The van der Waals surface area contributed by atoms with E-state index >= 15 is 0 Å². The van der Waals surface area contributed by atoms with Gasteiger partial charge in [0.2, 0.25) is 0 Å². The highest BCUT2D eigenvalue weighted by Gasteiger charge is 2.08. The third kappa shape index (κ3) is 26.8. The second-order valence-corrected chi connectivity index (χ2v) is 20.4. The minimum absolute atomic E-state index is 0. The predicted octanol–water partition coefficient (Wildman–Crippen LogP) is 11.0. The van der Waals surface area contributed by atoms with Crippen LogP contribution in [0.25, 0.3) is 33.1 Å². The van der Waals surface area contributed by atoms with Crippen LogP contribution in [0.3, 0.4) is 0 Å². The van der Waals surface area contributed by atoms with Crippen LogP contribution >= 0.6 is 114 Å². The molecule has 7 rings (SSSR count). The number of aromatic amines is 1. The molecule has 344 valence electrons. The second-order valence-electron chi connectivity index (χ2n) is 9.71. The largest absolute Gasteiger partial charge is 0.481 e. The number of nitrogen functional groups attached to an aromatic ring is 2. The molecular formula is C34H41Br4Cl4N14O6P. The quantitative estimate of drug-likeness (QED) is 0.0347. The number of hydrogen-bond acceptors (Lipinski definition) is 16. The lowest BCUT2D eigenvalue weighted by Gasteiger charge is -1.98. The van der Waals surface area contributed by atoms with Gasteiger partial charge in [-0.25, -0.2) is 49.7 Å². The zero-order valence-electron chi connectivity index (χ0n) is 29.2. The van der Waals surface area contributed by atoms with Crippen molar-refractivity contribution in [3.05, 3.63) is 107 Å². The number of hydrogen-bond donors (Lipinski definition) is 7. The van der Waals surface area contributed by atoms with Gasteiger partial charge < -0.3 is 32.4 Å². The van der Waals surface area contributed by atoms with E-state index in [9.17, 15) is 14.2 Å². The molecule has 0 radical (unpaired) electrons. The first-order valence-electron chi connectivity index (χ1n) is 14.7. The first kappa shape index (κ1) is 65.4. The highest BCUT2D eigenvalue weighted by Crippen LogP contribution is 2.61. The maximum atomic E-state index is 11.2. The van der Waals surface area contributed by atoms with Crippen molar-refractivity contribution in [3.63, 3.8) is 0 Å². The minimum Gasteiger partial charge on any atom is -0.481 e. The number of rotatable bonds is 1. The van der Waals surface area contributed by atoms with Crippen LogP contribution in [0.15, 0.2) is 90.7 Å². The molecule has 10 N–H and O–H groups in total. The number of pyridine rings is 4. The van der Waals surface area contributed by atoms with Crippen molar-refractivity contribution in [2.45, 2.75) is 36.6 Å². The Morgan fingerprint density at radius 2 is 1.05 bits per heavy atom. The fourth-order valence-electron chi connectivity index (χ4n) is 3.38. The molecule has 0 saturated heterocycles. The number of nitrogens with zero attached hydrogens (tertiary/aromatic N) is 9. The van der Waals surface area contributed by atoms with E-state index in [2.05, 4.69) is 153 Å². The monoisotopic (exact) mass is 1230 g/mol. The summed E-state index contributed by atoms with van der Waals surface area (Å²) in [6.45, 7) is 1.08. The summed E-state index contributed by atoms with van der Waals surface area (Å²) >= 11 is 32.6. The standard InChI is InChI=1S/C7H3BrClN3.C7H5BrN4.C7H4BrN3O.C6H5BrN2O2.C2H4O2.CH4N2.4CH4.Cl3OP/c2*8-4-1-5-6(9)11-3-12-7(5)10-2-4;8-4-1-5-6(9-2-4)10-3-11-7(5)12;7-3-1-4(6(10)11)5(8)9-2-3;1-2(3)4;2-1-3;;;;;1-5(2,3)4/h1-3H;1-3H,(H2,9,10,11,12);1-3H,(H,9,10,11,12);1-2H,(H2,8,9)(H,10,11);1H3,(H,3,4);1H,(H3,2,3);4*1H4;. The Morgan fingerprint density at radius 1 is 0.683 bits per heavy atom. The van der Waals surface area contributed by atoms with Crippen molar-refractivity contribution in [2.75, 3.05) is 11.5 Å². The molecule has 0 aliphatic rings. The van der Waals surface area contributed by atoms with Crippen LogP contribution in [0.1, 0.15) is 47.0 Å². The van der Waals surface area contributed by atoms with Crippen molar-refractivity contribution in [2.24, 2.45) is 5.73 Å². The number of halogens is 8. The number of carbonyl (C=O) groups is 2. The Kier molecular flexibility index (Phi) is 34.5. The van der Waals surface area contributed by atoms with E-state index in [1.807, 2.05) is 12.1 Å². The van der Waals surface area contributed by atoms with Crippen LogP contribution in [0, 0.1) is 5.41 Å². The number of H-pyrrole nitrogens is 1. The smallest absolute Gasteiger partial charge is 0.339 e. The highest BCUT2D eigenvalue weighted by molar-refractivity contribution is 9.11. The van der Waals surface area contributed by atoms with Gasteiger partial charge in [0, 0.05) is 49.6 Å². The molecule has 0 atom stereocenters. The van der Waals surface area contributed by atoms with E-state index in [4.69, 9.17) is 43.5 Å². The lowest BCUT2D eigenvalue weighted by molar-refractivity contribution is -0.134. The number of aromatic nitrogens is 10. The van der Waals surface area contributed by atoms with Gasteiger partial charge in [0.15, 0.2) is 16.9 Å². The molecule has 0 aliphatic carbocycles. The van der Waals surface area contributed by atoms with E-state index in [0.29, 0.717) is 37.8 Å². The average Bonchev–Trinajstić information content (AvgIpc) is 3.14. The van der Waals surface area contributed by atoms with E-state index in [0.717, 1.165) is 37.5 Å². The Hall–Kier alpha value is -4.26.